The van der Waals surface area contributed by atoms with E-state index in [4.69, 9.17) is 9.78 Å². The second-order valence-electron chi connectivity index (χ2n) is 7.63. The molecule has 2 atom stereocenters. The quantitative estimate of drug-likeness (QED) is 0.574. The highest BCUT2D eigenvalue weighted by Crippen LogP contribution is 2.48. The zero-order valence-corrected chi connectivity index (χ0v) is 12.2. The molecule has 0 aromatic carbocycles. The summed E-state index contributed by atoms with van der Waals surface area (Å²) in [6.45, 7) is 17.5. The van der Waals surface area contributed by atoms with Gasteiger partial charge in [-0.3, -0.25) is 0 Å². The molecule has 1 aliphatic heterocycles. The topological polar surface area (TPSA) is 18.5 Å². The number of hydrogen-bond donors (Lipinski definition) is 0. The third kappa shape index (κ3) is 2.28. The molecule has 96 valence electrons. The zero-order chi connectivity index (χ0) is 12.8. The van der Waals surface area contributed by atoms with E-state index in [9.17, 15) is 0 Å². The van der Waals surface area contributed by atoms with Gasteiger partial charge in [-0.1, -0.05) is 41.5 Å². The van der Waals surface area contributed by atoms with E-state index in [-0.39, 0.29) is 22.0 Å². The summed E-state index contributed by atoms with van der Waals surface area (Å²) in [4.78, 5) is 11.5. The Labute approximate surface area is 101 Å². The van der Waals surface area contributed by atoms with Gasteiger partial charge in [-0.2, -0.15) is 0 Å². The molecule has 0 spiro atoms. The van der Waals surface area contributed by atoms with Crippen LogP contribution in [0.15, 0.2) is 0 Å². The van der Waals surface area contributed by atoms with Gasteiger partial charge >= 0.3 is 0 Å². The van der Waals surface area contributed by atoms with Gasteiger partial charge in [-0.05, 0) is 37.5 Å². The summed E-state index contributed by atoms with van der Waals surface area (Å²) in [5, 5.41) is 0. The van der Waals surface area contributed by atoms with Gasteiger partial charge in [0.15, 0.2) is 0 Å². The van der Waals surface area contributed by atoms with Crippen LogP contribution in [0.1, 0.15) is 68.2 Å². The molecular weight excluding hydrogens is 200 g/mol. The Hall–Kier alpha value is -0.0800. The number of hydrogen-bond acceptors (Lipinski definition) is 2. The summed E-state index contributed by atoms with van der Waals surface area (Å²) in [5.74, 6) is 0. The van der Waals surface area contributed by atoms with Gasteiger partial charge in [0.25, 0.3) is 0 Å². The predicted molar refractivity (Wildman–Crippen MR) is 67.1 cm³/mol. The van der Waals surface area contributed by atoms with E-state index in [1.54, 1.807) is 0 Å². The van der Waals surface area contributed by atoms with Crippen molar-refractivity contribution in [2.75, 3.05) is 0 Å². The standard InChI is InChI=1S/C14H28O2/c1-11(2,3)13(7)9-10-14(8,16-15-13)12(4,5)6/h9-10H2,1-8H3. The highest BCUT2D eigenvalue weighted by molar-refractivity contribution is 4.96. The zero-order valence-electron chi connectivity index (χ0n) is 12.2. The Morgan fingerprint density at radius 2 is 0.938 bits per heavy atom. The van der Waals surface area contributed by atoms with E-state index < -0.39 is 0 Å². The van der Waals surface area contributed by atoms with Gasteiger partial charge in [0, 0.05) is 0 Å². The van der Waals surface area contributed by atoms with Gasteiger partial charge in [-0.15, -0.1) is 0 Å². The smallest absolute Gasteiger partial charge is 0.106 e. The Bertz CT molecular complexity index is 219. The summed E-state index contributed by atoms with van der Waals surface area (Å²) >= 11 is 0. The maximum absolute atomic E-state index is 5.77. The van der Waals surface area contributed by atoms with Gasteiger partial charge in [-0.25, -0.2) is 9.78 Å². The van der Waals surface area contributed by atoms with Gasteiger partial charge in [0.05, 0.1) is 0 Å². The van der Waals surface area contributed by atoms with Gasteiger partial charge < -0.3 is 0 Å². The lowest BCUT2D eigenvalue weighted by Crippen LogP contribution is -2.54. The molecule has 0 amide bonds. The lowest BCUT2D eigenvalue weighted by atomic mass is 9.68. The molecule has 2 unspecified atom stereocenters. The summed E-state index contributed by atoms with van der Waals surface area (Å²) in [5.41, 5.74) is -0.159. The Morgan fingerprint density at radius 1 is 0.688 bits per heavy atom. The molecule has 1 saturated heterocycles. The normalized spacial score (nSPS) is 37.5. The van der Waals surface area contributed by atoms with E-state index in [1.807, 2.05) is 0 Å². The molecular formula is C14H28O2. The predicted octanol–water partition coefficient (Wildman–Crippen LogP) is 4.34. The SMILES string of the molecule is CC(C)(C)C1(C)CCC(C)(C(C)(C)C)OO1. The third-order valence-electron chi connectivity index (χ3n) is 4.66. The fourth-order valence-electron chi connectivity index (χ4n) is 1.74. The number of rotatable bonds is 0. The van der Waals surface area contributed by atoms with Crippen molar-refractivity contribution in [3.8, 4) is 0 Å². The van der Waals surface area contributed by atoms with Crippen LogP contribution in [0.5, 0.6) is 0 Å². The van der Waals surface area contributed by atoms with E-state index >= 15 is 0 Å². The van der Waals surface area contributed by atoms with Gasteiger partial charge in [0.1, 0.15) is 11.2 Å². The fourth-order valence-corrected chi connectivity index (χ4v) is 1.74. The second kappa shape index (κ2) is 3.71. The first-order valence-electron chi connectivity index (χ1n) is 6.28. The molecule has 1 aliphatic rings. The molecule has 0 aromatic heterocycles. The van der Waals surface area contributed by atoms with Crippen molar-refractivity contribution in [1.82, 2.24) is 0 Å². The lowest BCUT2D eigenvalue weighted by Gasteiger charge is -2.51. The summed E-state index contributed by atoms with van der Waals surface area (Å²) in [7, 11) is 0. The van der Waals surface area contributed by atoms with E-state index in [1.165, 1.54) is 0 Å². The molecule has 0 aromatic rings. The van der Waals surface area contributed by atoms with Crippen LogP contribution in [-0.4, -0.2) is 11.2 Å². The van der Waals surface area contributed by atoms with Crippen molar-refractivity contribution < 1.29 is 9.78 Å². The average molecular weight is 228 g/mol. The first kappa shape index (κ1) is 14.0. The maximum Gasteiger partial charge on any atom is 0.106 e. The third-order valence-corrected chi connectivity index (χ3v) is 4.66. The van der Waals surface area contributed by atoms with Crippen molar-refractivity contribution in [1.29, 1.82) is 0 Å². The van der Waals surface area contributed by atoms with E-state index in [2.05, 4.69) is 55.4 Å². The highest BCUT2D eigenvalue weighted by Gasteiger charge is 2.51. The van der Waals surface area contributed by atoms with Crippen LogP contribution in [0.25, 0.3) is 0 Å². The van der Waals surface area contributed by atoms with Crippen LogP contribution in [0.2, 0.25) is 0 Å². The second-order valence-corrected chi connectivity index (χ2v) is 7.63. The van der Waals surface area contributed by atoms with Crippen LogP contribution in [0, 0.1) is 10.8 Å². The average Bonchev–Trinajstić information content (AvgIpc) is 2.07. The van der Waals surface area contributed by atoms with Crippen LogP contribution >= 0.6 is 0 Å². The van der Waals surface area contributed by atoms with Crippen LogP contribution < -0.4 is 0 Å². The van der Waals surface area contributed by atoms with Crippen molar-refractivity contribution in [3.05, 3.63) is 0 Å². The first-order valence-corrected chi connectivity index (χ1v) is 6.28. The summed E-state index contributed by atoms with van der Waals surface area (Å²) in [6, 6.07) is 0. The van der Waals surface area contributed by atoms with Crippen LogP contribution in [-0.2, 0) is 9.78 Å². The van der Waals surface area contributed by atoms with Crippen molar-refractivity contribution in [2.45, 2.75) is 79.4 Å². The largest absolute Gasteiger partial charge is 0.229 e. The van der Waals surface area contributed by atoms with E-state index in [0.29, 0.717) is 0 Å². The van der Waals surface area contributed by atoms with Crippen molar-refractivity contribution in [2.24, 2.45) is 10.8 Å². The van der Waals surface area contributed by atoms with Crippen LogP contribution in [0.4, 0.5) is 0 Å². The Morgan fingerprint density at radius 3 is 1.06 bits per heavy atom. The molecule has 2 heteroatoms. The minimum absolute atomic E-state index is 0.103. The van der Waals surface area contributed by atoms with E-state index in [0.717, 1.165) is 12.8 Å². The lowest BCUT2D eigenvalue weighted by molar-refractivity contribution is -0.463. The molecule has 1 heterocycles. The molecule has 1 rings (SSSR count). The molecule has 2 nitrogen and oxygen atoms in total. The summed E-state index contributed by atoms with van der Waals surface area (Å²) < 4.78 is 0. The Kier molecular flexibility index (Phi) is 3.24. The molecule has 0 radical (unpaired) electrons. The minimum Gasteiger partial charge on any atom is -0.229 e. The molecule has 0 N–H and O–H groups in total. The maximum atomic E-state index is 5.77. The van der Waals surface area contributed by atoms with Crippen molar-refractivity contribution >= 4 is 0 Å². The summed E-state index contributed by atoms with van der Waals surface area (Å²) in [6.07, 6.45) is 2.09. The Balaban J connectivity index is 2.79. The van der Waals surface area contributed by atoms with Crippen LogP contribution in [0.3, 0.4) is 0 Å². The molecule has 0 saturated carbocycles. The first-order chi connectivity index (χ1) is 6.91. The molecule has 0 aliphatic carbocycles. The van der Waals surface area contributed by atoms with Gasteiger partial charge in [0.2, 0.25) is 0 Å². The highest BCUT2D eigenvalue weighted by atomic mass is 17.2. The molecule has 0 bridgehead atoms. The monoisotopic (exact) mass is 228 g/mol. The molecule has 1 fully saturated rings. The fraction of sp³-hybridized carbons (Fsp3) is 1.00. The van der Waals surface area contributed by atoms with Crippen molar-refractivity contribution in [3.63, 3.8) is 0 Å². The molecule has 16 heavy (non-hydrogen) atoms. The minimum atomic E-state index is -0.183.